The van der Waals surface area contributed by atoms with Crippen molar-refractivity contribution in [1.29, 1.82) is 0 Å². The van der Waals surface area contributed by atoms with Crippen molar-refractivity contribution in [2.45, 2.75) is 39.2 Å². The van der Waals surface area contributed by atoms with E-state index in [1.54, 1.807) is 0 Å². The molecule has 1 N–H and O–H groups in total. The second-order valence-corrected chi connectivity index (χ2v) is 3.27. The van der Waals surface area contributed by atoms with Gasteiger partial charge in [-0.2, -0.15) is 0 Å². The van der Waals surface area contributed by atoms with E-state index in [1.165, 1.54) is 19.3 Å². The molecule has 0 saturated carbocycles. The van der Waals surface area contributed by atoms with E-state index in [0.29, 0.717) is 6.04 Å². The van der Waals surface area contributed by atoms with E-state index in [-0.39, 0.29) is 0 Å². The lowest BCUT2D eigenvalue weighted by Gasteiger charge is -2.21. The molecule has 0 aromatic heterocycles. The summed E-state index contributed by atoms with van der Waals surface area (Å²) in [6, 6.07) is 0.394. The zero-order valence-corrected chi connectivity index (χ0v) is 8.10. The molecule has 1 atom stereocenters. The Balaban J connectivity index is 2.29. The molecule has 0 amide bonds. The predicted molar refractivity (Wildman–Crippen MR) is 51.0 cm³/mol. The van der Waals surface area contributed by atoms with E-state index in [4.69, 9.17) is 4.74 Å². The fourth-order valence-corrected chi connectivity index (χ4v) is 1.34. The molecule has 1 aliphatic heterocycles. The quantitative estimate of drug-likeness (QED) is 0.695. The van der Waals surface area contributed by atoms with Crippen molar-refractivity contribution in [3.63, 3.8) is 0 Å². The van der Waals surface area contributed by atoms with Gasteiger partial charge in [-0.05, 0) is 38.8 Å². The number of hydrogen-bond donors (Lipinski definition) is 1. The first-order valence-corrected chi connectivity index (χ1v) is 4.91. The second-order valence-electron chi connectivity index (χ2n) is 3.27. The Morgan fingerprint density at radius 3 is 3.08 bits per heavy atom. The van der Waals surface area contributed by atoms with Gasteiger partial charge in [0.2, 0.25) is 0 Å². The molecule has 2 nitrogen and oxygen atoms in total. The summed E-state index contributed by atoms with van der Waals surface area (Å²) in [4.78, 5) is 0. The number of rotatable bonds is 4. The Morgan fingerprint density at radius 2 is 2.50 bits per heavy atom. The SMILES string of the molecule is CCCNC(C)C1=CCCCO1. The van der Waals surface area contributed by atoms with Crippen molar-refractivity contribution in [3.8, 4) is 0 Å². The largest absolute Gasteiger partial charge is 0.497 e. The average Bonchev–Trinajstić information content (AvgIpc) is 2.15. The molecule has 0 bridgehead atoms. The fraction of sp³-hybridized carbons (Fsp3) is 0.800. The van der Waals surface area contributed by atoms with E-state index in [9.17, 15) is 0 Å². The number of ether oxygens (including phenoxy) is 1. The summed E-state index contributed by atoms with van der Waals surface area (Å²) in [5.41, 5.74) is 0. The molecule has 0 saturated heterocycles. The predicted octanol–water partition coefficient (Wildman–Crippen LogP) is 2.07. The van der Waals surface area contributed by atoms with Crippen molar-refractivity contribution >= 4 is 0 Å². The highest BCUT2D eigenvalue weighted by molar-refractivity contribution is 5.03. The number of allylic oxidation sites excluding steroid dienone is 1. The monoisotopic (exact) mass is 169 g/mol. The minimum absolute atomic E-state index is 0.394. The van der Waals surface area contributed by atoms with Crippen LogP contribution in [0.1, 0.15) is 33.1 Å². The lowest BCUT2D eigenvalue weighted by atomic mass is 10.1. The smallest absolute Gasteiger partial charge is 0.109 e. The molecule has 2 heteroatoms. The highest BCUT2D eigenvalue weighted by Crippen LogP contribution is 2.12. The average molecular weight is 169 g/mol. The topological polar surface area (TPSA) is 21.3 Å². The van der Waals surface area contributed by atoms with Gasteiger partial charge in [0.25, 0.3) is 0 Å². The van der Waals surface area contributed by atoms with Crippen molar-refractivity contribution < 1.29 is 4.74 Å². The van der Waals surface area contributed by atoms with E-state index in [2.05, 4.69) is 25.2 Å². The van der Waals surface area contributed by atoms with E-state index in [0.717, 1.165) is 18.9 Å². The first kappa shape index (κ1) is 9.59. The molecule has 0 aromatic rings. The Morgan fingerprint density at radius 1 is 1.67 bits per heavy atom. The van der Waals surface area contributed by atoms with Crippen LogP contribution in [0.5, 0.6) is 0 Å². The molecule has 1 unspecified atom stereocenters. The highest BCUT2D eigenvalue weighted by Gasteiger charge is 2.11. The first-order chi connectivity index (χ1) is 5.84. The van der Waals surface area contributed by atoms with Gasteiger partial charge in [0.15, 0.2) is 0 Å². The van der Waals surface area contributed by atoms with Crippen LogP contribution in [0.25, 0.3) is 0 Å². The van der Waals surface area contributed by atoms with Gasteiger partial charge < -0.3 is 10.1 Å². The molecule has 0 aliphatic carbocycles. The second kappa shape index (κ2) is 5.20. The third-order valence-electron chi connectivity index (χ3n) is 2.09. The highest BCUT2D eigenvalue weighted by atomic mass is 16.5. The van der Waals surface area contributed by atoms with Crippen LogP contribution in [-0.4, -0.2) is 19.2 Å². The van der Waals surface area contributed by atoms with E-state index >= 15 is 0 Å². The van der Waals surface area contributed by atoms with Crippen molar-refractivity contribution in [1.82, 2.24) is 5.32 Å². The van der Waals surface area contributed by atoms with Crippen molar-refractivity contribution in [3.05, 3.63) is 11.8 Å². The first-order valence-electron chi connectivity index (χ1n) is 4.91. The number of hydrogen-bond acceptors (Lipinski definition) is 2. The van der Waals surface area contributed by atoms with Crippen LogP contribution >= 0.6 is 0 Å². The van der Waals surface area contributed by atoms with Gasteiger partial charge in [-0.3, -0.25) is 0 Å². The molecule has 1 rings (SSSR count). The summed E-state index contributed by atoms with van der Waals surface area (Å²) in [5, 5.41) is 3.41. The zero-order chi connectivity index (χ0) is 8.81. The molecular weight excluding hydrogens is 150 g/mol. The molecular formula is C10H19NO. The molecule has 1 heterocycles. The minimum Gasteiger partial charge on any atom is -0.497 e. The zero-order valence-electron chi connectivity index (χ0n) is 8.10. The molecule has 12 heavy (non-hydrogen) atoms. The maximum absolute atomic E-state index is 5.54. The van der Waals surface area contributed by atoms with Gasteiger partial charge in [0.05, 0.1) is 12.6 Å². The summed E-state index contributed by atoms with van der Waals surface area (Å²) in [5.74, 6) is 1.13. The Hall–Kier alpha value is -0.500. The lowest BCUT2D eigenvalue weighted by molar-refractivity contribution is 0.171. The maximum atomic E-state index is 5.54. The molecule has 0 fully saturated rings. The standard InChI is InChI=1S/C10H19NO/c1-3-7-11-9(2)10-6-4-5-8-12-10/h6,9,11H,3-5,7-8H2,1-2H3. The fourth-order valence-electron chi connectivity index (χ4n) is 1.34. The molecule has 0 radical (unpaired) electrons. The minimum atomic E-state index is 0.394. The molecule has 1 aliphatic rings. The van der Waals surface area contributed by atoms with Gasteiger partial charge in [0.1, 0.15) is 5.76 Å². The van der Waals surface area contributed by atoms with Crippen molar-refractivity contribution in [2.24, 2.45) is 0 Å². The Labute approximate surface area is 75.0 Å². The third kappa shape index (κ3) is 2.86. The molecule has 70 valence electrons. The summed E-state index contributed by atoms with van der Waals surface area (Å²) >= 11 is 0. The van der Waals surface area contributed by atoms with Gasteiger partial charge >= 0.3 is 0 Å². The Bertz CT molecular complexity index is 154. The van der Waals surface area contributed by atoms with E-state index in [1.807, 2.05) is 0 Å². The van der Waals surface area contributed by atoms with Gasteiger partial charge in [-0.15, -0.1) is 0 Å². The van der Waals surface area contributed by atoms with Crippen LogP contribution in [0, 0.1) is 0 Å². The molecule has 0 spiro atoms. The summed E-state index contributed by atoms with van der Waals surface area (Å²) in [6.45, 7) is 6.30. The third-order valence-corrected chi connectivity index (χ3v) is 2.09. The van der Waals surface area contributed by atoms with Crippen molar-refractivity contribution in [2.75, 3.05) is 13.2 Å². The van der Waals surface area contributed by atoms with E-state index < -0.39 is 0 Å². The van der Waals surface area contributed by atoms with Gasteiger partial charge in [-0.25, -0.2) is 0 Å². The summed E-state index contributed by atoms with van der Waals surface area (Å²) in [6.07, 6.45) is 5.73. The Kier molecular flexibility index (Phi) is 4.15. The summed E-state index contributed by atoms with van der Waals surface area (Å²) in [7, 11) is 0. The molecule has 0 aromatic carbocycles. The van der Waals surface area contributed by atoms with Crippen LogP contribution in [0.3, 0.4) is 0 Å². The van der Waals surface area contributed by atoms with Gasteiger partial charge in [0, 0.05) is 0 Å². The number of nitrogens with one attached hydrogen (secondary N) is 1. The van der Waals surface area contributed by atoms with Crippen LogP contribution in [0.2, 0.25) is 0 Å². The summed E-state index contributed by atoms with van der Waals surface area (Å²) < 4.78 is 5.54. The van der Waals surface area contributed by atoms with Crippen LogP contribution in [0.15, 0.2) is 11.8 Å². The normalized spacial score (nSPS) is 19.7. The van der Waals surface area contributed by atoms with Crippen LogP contribution < -0.4 is 5.32 Å². The van der Waals surface area contributed by atoms with Gasteiger partial charge in [-0.1, -0.05) is 6.92 Å². The van der Waals surface area contributed by atoms with Crippen LogP contribution in [-0.2, 0) is 4.74 Å². The lowest BCUT2D eigenvalue weighted by Crippen LogP contribution is -2.30. The maximum Gasteiger partial charge on any atom is 0.109 e. The van der Waals surface area contributed by atoms with Crippen LogP contribution in [0.4, 0.5) is 0 Å².